The molecular formula is C39H82NO4P. The van der Waals surface area contributed by atoms with E-state index in [0.717, 1.165) is 58.0 Å². The van der Waals surface area contributed by atoms with Gasteiger partial charge < -0.3 is 4.89 Å². The molecule has 45 heavy (non-hydrogen) atoms. The highest BCUT2D eigenvalue weighted by Crippen LogP contribution is 2.46. The Morgan fingerprint density at radius 3 is 1.16 bits per heavy atom. The summed E-state index contributed by atoms with van der Waals surface area (Å²) in [5, 5.41) is 0. The third kappa shape index (κ3) is 32.4. The van der Waals surface area contributed by atoms with Gasteiger partial charge in [-0.1, -0.05) is 195 Å². The molecule has 1 N–H and O–H groups in total. The van der Waals surface area contributed by atoms with Crippen LogP contribution in [0.1, 0.15) is 227 Å². The van der Waals surface area contributed by atoms with Gasteiger partial charge in [0.05, 0.1) is 6.61 Å². The quantitative estimate of drug-likeness (QED) is 0.0406. The molecule has 0 amide bonds. The first-order chi connectivity index (χ1) is 22.0. The molecule has 2 atom stereocenters. The molecular weight excluding hydrogens is 577 g/mol. The Hall–Kier alpha value is 0.0700. The largest absolute Gasteiger partial charge is 0.473 e. The predicted octanol–water partition coefficient (Wildman–Crippen LogP) is 13.9. The van der Waals surface area contributed by atoms with Crippen LogP contribution in [-0.4, -0.2) is 35.7 Å². The second-order valence-corrected chi connectivity index (χ2v) is 15.3. The van der Waals surface area contributed by atoms with Gasteiger partial charge in [-0.15, -0.1) is 0 Å². The molecule has 0 aliphatic heterocycles. The zero-order valence-corrected chi connectivity index (χ0v) is 32.1. The summed E-state index contributed by atoms with van der Waals surface area (Å²) >= 11 is 0. The van der Waals surface area contributed by atoms with E-state index in [0.29, 0.717) is 6.61 Å². The minimum Gasteiger partial charge on any atom is -0.302 e. The Bertz CT molecular complexity index is 600. The standard InChI is InChI=1S/C39H82NO4P/c1-5-9-13-17-20-23-26-30-34-38-43-45(41,42)44-39(35-31-27-16-12-8-4)40(36-32-28-24-21-18-14-10-6-2)37-33-29-25-22-19-15-11-7-3/h39H,5-38H2,1-4H3,(H,41,42). The molecule has 0 heterocycles. The van der Waals surface area contributed by atoms with Crippen LogP contribution in [0, 0.1) is 0 Å². The Kier molecular flexibility index (Phi) is 35.4. The summed E-state index contributed by atoms with van der Waals surface area (Å²) in [6.45, 7) is 11.3. The summed E-state index contributed by atoms with van der Waals surface area (Å²) in [6, 6.07) is 0. The van der Waals surface area contributed by atoms with Crippen molar-refractivity contribution in [2.75, 3.05) is 19.7 Å². The van der Waals surface area contributed by atoms with Crippen molar-refractivity contribution in [3.63, 3.8) is 0 Å². The molecule has 0 aromatic rings. The van der Waals surface area contributed by atoms with Gasteiger partial charge in [-0.25, -0.2) is 4.57 Å². The molecule has 0 rings (SSSR count). The number of unbranched alkanes of at least 4 members (excludes halogenated alkanes) is 26. The van der Waals surface area contributed by atoms with Gasteiger partial charge in [0.15, 0.2) is 0 Å². The zero-order chi connectivity index (χ0) is 33.1. The molecule has 0 radical (unpaired) electrons. The van der Waals surface area contributed by atoms with Crippen molar-refractivity contribution < 1.29 is 18.5 Å². The van der Waals surface area contributed by atoms with Crippen LogP contribution >= 0.6 is 7.82 Å². The predicted molar refractivity (Wildman–Crippen MR) is 198 cm³/mol. The number of phosphoric ester groups is 1. The normalized spacial score (nSPS) is 13.9. The van der Waals surface area contributed by atoms with Gasteiger partial charge in [0.2, 0.25) is 0 Å². The van der Waals surface area contributed by atoms with Crippen LogP contribution in [-0.2, 0) is 13.6 Å². The van der Waals surface area contributed by atoms with E-state index < -0.39 is 7.82 Å². The van der Waals surface area contributed by atoms with Crippen molar-refractivity contribution >= 4 is 7.82 Å². The first-order valence-corrected chi connectivity index (χ1v) is 21.9. The zero-order valence-electron chi connectivity index (χ0n) is 31.2. The monoisotopic (exact) mass is 660 g/mol. The number of hydrogen-bond donors (Lipinski definition) is 1. The van der Waals surface area contributed by atoms with Crippen LogP contribution < -0.4 is 0 Å². The second kappa shape index (κ2) is 35.4. The number of phosphoric acid groups is 1. The summed E-state index contributed by atoms with van der Waals surface area (Å²) in [7, 11) is -4.10. The SMILES string of the molecule is CCCCCCCCCCCOP(=O)(O)OC(CCCCCCC)N(CCCCCCCCCC)CCCCCCCCCC. The van der Waals surface area contributed by atoms with Crippen LogP contribution in [0.15, 0.2) is 0 Å². The topological polar surface area (TPSA) is 59.0 Å². The highest BCUT2D eigenvalue weighted by Gasteiger charge is 2.30. The van der Waals surface area contributed by atoms with Gasteiger partial charge in [-0.3, -0.25) is 13.9 Å². The lowest BCUT2D eigenvalue weighted by atomic mass is 10.1. The molecule has 0 aromatic heterocycles. The molecule has 0 saturated carbocycles. The average molecular weight is 660 g/mol. The molecule has 0 spiro atoms. The lowest BCUT2D eigenvalue weighted by molar-refractivity contribution is -0.0135. The Labute approximate surface area is 283 Å². The van der Waals surface area contributed by atoms with Crippen molar-refractivity contribution in [1.29, 1.82) is 0 Å². The average Bonchev–Trinajstić information content (AvgIpc) is 3.02. The number of hydrogen-bond acceptors (Lipinski definition) is 4. The summed E-state index contributed by atoms with van der Waals surface area (Å²) in [6.07, 6.45) is 38.0. The van der Waals surface area contributed by atoms with E-state index >= 15 is 0 Å². The number of nitrogens with zero attached hydrogens (tertiary/aromatic N) is 1. The van der Waals surface area contributed by atoms with Gasteiger partial charge in [0, 0.05) is 13.1 Å². The number of rotatable bonds is 38. The highest BCUT2D eigenvalue weighted by molar-refractivity contribution is 7.47. The van der Waals surface area contributed by atoms with Crippen LogP contribution in [0.3, 0.4) is 0 Å². The fourth-order valence-corrected chi connectivity index (χ4v) is 7.27. The molecule has 0 fully saturated rings. The van der Waals surface area contributed by atoms with E-state index in [9.17, 15) is 9.46 Å². The minimum absolute atomic E-state index is 0.308. The van der Waals surface area contributed by atoms with Crippen LogP contribution in [0.5, 0.6) is 0 Å². The van der Waals surface area contributed by atoms with Crippen molar-refractivity contribution in [2.24, 2.45) is 0 Å². The molecule has 0 aliphatic rings. The van der Waals surface area contributed by atoms with Crippen molar-refractivity contribution in [1.82, 2.24) is 4.90 Å². The van der Waals surface area contributed by atoms with E-state index in [1.807, 2.05) is 0 Å². The maximum Gasteiger partial charge on any atom is 0.473 e. The minimum atomic E-state index is -4.10. The third-order valence-electron chi connectivity index (χ3n) is 9.32. The van der Waals surface area contributed by atoms with E-state index in [-0.39, 0.29) is 6.23 Å². The summed E-state index contributed by atoms with van der Waals surface area (Å²) < 4.78 is 24.8. The lowest BCUT2D eigenvalue weighted by Crippen LogP contribution is -2.38. The highest BCUT2D eigenvalue weighted by atomic mass is 31.2. The first kappa shape index (κ1) is 45.1. The van der Waals surface area contributed by atoms with Crippen molar-refractivity contribution in [3.8, 4) is 0 Å². The lowest BCUT2D eigenvalue weighted by Gasteiger charge is -2.32. The van der Waals surface area contributed by atoms with E-state index in [1.54, 1.807) is 0 Å². The van der Waals surface area contributed by atoms with Gasteiger partial charge in [-0.2, -0.15) is 0 Å². The molecule has 272 valence electrons. The first-order valence-electron chi connectivity index (χ1n) is 20.4. The maximum atomic E-state index is 13.2. The Morgan fingerprint density at radius 2 is 0.778 bits per heavy atom. The maximum absolute atomic E-state index is 13.2. The molecule has 0 aromatic carbocycles. The van der Waals surface area contributed by atoms with Gasteiger partial charge in [0.1, 0.15) is 6.23 Å². The smallest absolute Gasteiger partial charge is 0.302 e. The van der Waals surface area contributed by atoms with Gasteiger partial charge in [-0.05, 0) is 32.1 Å². The fraction of sp³-hybridized carbons (Fsp3) is 1.00. The Morgan fingerprint density at radius 1 is 0.467 bits per heavy atom. The summed E-state index contributed by atoms with van der Waals surface area (Å²) in [4.78, 5) is 13.2. The van der Waals surface area contributed by atoms with E-state index in [4.69, 9.17) is 9.05 Å². The van der Waals surface area contributed by atoms with E-state index in [1.165, 1.54) is 154 Å². The van der Waals surface area contributed by atoms with E-state index in [2.05, 4.69) is 32.6 Å². The molecule has 0 saturated heterocycles. The van der Waals surface area contributed by atoms with Crippen LogP contribution in [0.2, 0.25) is 0 Å². The fourth-order valence-electron chi connectivity index (χ4n) is 6.30. The molecule has 6 heteroatoms. The molecule has 0 bridgehead atoms. The van der Waals surface area contributed by atoms with Crippen LogP contribution in [0.4, 0.5) is 0 Å². The van der Waals surface area contributed by atoms with Crippen molar-refractivity contribution in [3.05, 3.63) is 0 Å². The van der Waals surface area contributed by atoms with Crippen LogP contribution in [0.25, 0.3) is 0 Å². The molecule has 0 aliphatic carbocycles. The van der Waals surface area contributed by atoms with Crippen molar-refractivity contribution in [2.45, 2.75) is 233 Å². The third-order valence-corrected chi connectivity index (χ3v) is 10.3. The summed E-state index contributed by atoms with van der Waals surface area (Å²) in [5.41, 5.74) is 0. The summed E-state index contributed by atoms with van der Waals surface area (Å²) in [5.74, 6) is 0. The molecule has 5 nitrogen and oxygen atoms in total. The Balaban J connectivity index is 4.96. The van der Waals surface area contributed by atoms with Gasteiger partial charge in [0.25, 0.3) is 0 Å². The molecule has 2 unspecified atom stereocenters. The second-order valence-electron chi connectivity index (χ2n) is 13.9. The van der Waals surface area contributed by atoms with Gasteiger partial charge >= 0.3 is 7.82 Å².